The Balaban J connectivity index is 1.51. The number of benzene rings is 1. The summed E-state index contributed by atoms with van der Waals surface area (Å²) in [5.41, 5.74) is 1.86. The third kappa shape index (κ3) is 4.89. The molecule has 130 valence electrons. The number of hydrogen-bond acceptors (Lipinski definition) is 3. The predicted molar refractivity (Wildman–Crippen MR) is 96.9 cm³/mol. The number of nitrogens with zero attached hydrogens (tertiary/aromatic N) is 2. The number of piperidine rings is 1. The van der Waals surface area contributed by atoms with E-state index in [9.17, 15) is 9.59 Å². The lowest BCUT2D eigenvalue weighted by Gasteiger charge is -2.32. The Morgan fingerprint density at radius 3 is 2.76 bits per heavy atom. The first kappa shape index (κ1) is 17.1. The summed E-state index contributed by atoms with van der Waals surface area (Å²) in [5, 5.41) is 2.94. The molecule has 5 heteroatoms. The van der Waals surface area contributed by atoms with Gasteiger partial charge in [-0.05, 0) is 43.0 Å². The molecule has 0 radical (unpaired) electrons. The van der Waals surface area contributed by atoms with Crippen LogP contribution in [0.2, 0.25) is 0 Å². The van der Waals surface area contributed by atoms with E-state index in [0.717, 1.165) is 30.6 Å². The summed E-state index contributed by atoms with van der Waals surface area (Å²) >= 11 is 0. The van der Waals surface area contributed by atoms with Crippen LogP contribution in [0, 0.1) is 5.92 Å². The van der Waals surface area contributed by atoms with Gasteiger partial charge in [0.2, 0.25) is 11.8 Å². The minimum absolute atomic E-state index is 0.00374. The fraction of sp³-hybridized carbons (Fsp3) is 0.350. The second-order valence-corrected chi connectivity index (χ2v) is 6.40. The summed E-state index contributed by atoms with van der Waals surface area (Å²) < 4.78 is 0. The van der Waals surface area contributed by atoms with Gasteiger partial charge in [0.1, 0.15) is 0 Å². The van der Waals surface area contributed by atoms with Gasteiger partial charge in [-0.1, -0.05) is 24.3 Å². The fourth-order valence-corrected chi connectivity index (χ4v) is 3.14. The van der Waals surface area contributed by atoms with Crippen molar-refractivity contribution >= 4 is 17.5 Å². The minimum atomic E-state index is -0.142. The molecule has 0 bridgehead atoms. The average Bonchev–Trinajstić information content (AvgIpc) is 2.68. The van der Waals surface area contributed by atoms with Crippen LogP contribution >= 0.6 is 0 Å². The molecule has 1 aliphatic heterocycles. The van der Waals surface area contributed by atoms with Crippen molar-refractivity contribution < 1.29 is 9.59 Å². The molecule has 2 amide bonds. The van der Waals surface area contributed by atoms with E-state index in [0.29, 0.717) is 19.4 Å². The van der Waals surface area contributed by atoms with E-state index in [-0.39, 0.29) is 17.7 Å². The van der Waals surface area contributed by atoms with Crippen LogP contribution < -0.4 is 5.32 Å². The highest BCUT2D eigenvalue weighted by Crippen LogP contribution is 2.20. The molecule has 2 heterocycles. The van der Waals surface area contributed by atoms with Gasteiger partial charge in [0.05, 0.1) is 5.92 Å². The summed E-state index contributed by atoms with van der Waals surface area (Å²) in [6, 6.07) is 13.3. The first-order valence-corrected chi connectivity index (χ1v) is 8.75. The van der Waals surface area contributed by atoms with Crippen LogP contribution in [0.3, 0.4) is 0 Å². The number of hydrogen-bond donors (Lipinski definition) is 1. The average molecular weight is 337 g/mol. The highest BCUT2D eigenvalue weighted by molar-refractivity contribution is 5.93. The summed E-state index contributed by atoms with van der Waals surface area (Å²) in [4.78, 5) is 30.8. The van der Waals surface area contributed by atoms with Crippen molar-refractivity contribution in [1.82, 2.24) is 9.88 Å². The number of carbonyl (C=O) groups excluding carboxylic acids is 2. The van der Waals surface area contributed by atoms with Gasteiger partial charge in [-0.3, -0.25) is 14.6 Å². The molecule has 0 unspecified atom stereocenters. The number of anilines is 1. The molecule has 1 atom stereocenters. The maximum atomic E-state index is 12.5. The van der Waals surface area contributed by atoms with E-state index in [4.69, 9.17) is 0 Å². The van der Waals surface area contributed by atoms with E-state index in [1.54, 1.807) is 12.4 Å². The van der Waals surface area contributed by atoms with Crippen molar-refractivity contribution in [1.29, 1.82) is 0 Å². The topological polar surface area (TPSA) is 62.3 Å². The van der Waals surface area contributed by atoms with Crippen LogP contribution in [-0.4, -0.2) is 34.8 Å². The van der Waals surface area contributed by atoms with Gasteiger partial charge in [0.15, 0.2) is 0 Å². The number of carbonyl (C=O) groups is 2. The van der Waals surface area contributed by atoms with Crippen LogP contribution in [0.5, 0.6) is 0 Å². The Kier molecular flexibility index (Phi) is 5.77. The molecular weight excluding hydrogens is 314 g/mol. The largest absolute Gasteiger partial charge is 0.342 e. The van der Waals surface area contributed by atoms with Crippen LogP contribution in [-0.2, 0) is 16.0 Å². The van der Waals surface area contributed by atoms with Gasteiger partial charge in [0.25, 0.3) is 0 Å². The molecule has 0 aliphatic carbocycles. The molecule has 1 saturated heterocycles. The van der Waals surface area contributed by atoms with Crippen LogP contribution in [0.25, 0.3) is 0 Å². The van der Waals surface area contributed by atoms with E-state index in [2.05, 4.69) is 10.3 Å². The lowest BCUT2D eigenvalue weighted by molar-refractivity contribution is -0.134. The molecule has 5 nitrogen and oxygen atoms in total. The molecule has 1 N–H and O–H groups in total. The van der Waals surface area contributed by atoms with Gasteiger partial charge in [-0.2, -0.15) is 0 Å². The highest BCUT2D eigenvalue weighted by Gasteiger charge is 2.28. The summed E-state index contributed by atoms with van der Waals surface area (Å²) in [6.07, 6.45) is 6.35. The summed E-state index contributed by atoms with van der Waals surface area (Å²) in [6.45, 7) is 1.24. The molecule has 0 spiro atoms. The molecule has 1 aliphatic rings. The quantitative estimate of drug-likeness (QED) is 0.912. The fourth-order valence-electron chi connectivity index (χ4n) is 3.14. The smallest absolute Gasteiger partial charge is 0.229 e. The molecule has 3 rings (SSSR count). The molecule has 1 fully saturated rings. The van der Waals surface area contributed by atoms with E-state index >= 15 is 0 Å². The van der Waals surface area contributed by atoms with Gasteiger partial charge in [-0.15, -0.1) is 0 Å². The van der Waals surface area contributed by atoms with Gasteiger partial charge >= 0.3 is 0 Å². The number of rotatable bonds is 5. The number of amides is 2. The number of likely N-dealkylation sites (tertiary alicyclic amines) is 1. The molecule has 1 aromatic carbocycles. The first-order valence-electron chi connectivity index (χ1n) is 8.75. The van der Waals surface area contributed by atoms with Crippen molar-refractivity contribution in [2.45, 2.75) is 25.7 Å². The zero-order chi connectivity index (χ0) is 17.5. The van der Waals surface area contributed by atoms with E-state index < -0.39 is 0 Å². The van der Waals surface area contributed by atoms with Crippen molar-refractivity contribution in [3.63, 3.8) is 0 Å². The second kappa shape index (κ2) is 8.42. The van der Waals surface area contributed by atoms with Crippen LogP contribution in [0.1, 0.15) is 24.8 Å². The third-order valence-electron chi connectivity index (χ3n) is 4.54. The maximum absolute atomic E-state index is 12.5. The predicted octanol–water partition coefficient (Wildman–Crippen LogP) is 2.89. The lowest BCUT2D eigenvalue weighted by Crippen LogP contribution is -2.43. The monoisotopic (exact) mass is 337 g/mol. The Bertz CT molecular complexity index is 703. The van der Waals surface area contributed by atoms with Gasteiger partial charge in [0, 0.05) is 37.6 Å². The molecule has 25 heavy (non-hydrogen) atoms. The van der Waals surface area contributed by atoms with Crippen LogP contribution in [0.4, 0.5) is 5.69 Å². The molecule has 1 aromatic heterocycles. The Morgan fingerprint density at radius 2 is 2.00 bits per heavy atom. The Hall–Kier alpha value is -2.69. The summed E-state index contributed by atoms with van der Waals surface area (Å²) in [7, 11) is 0. The van der Waals surface area contributed by atoms with Crippen molar-refractivity contribution in [3.05, 3.63) is 60.4 Å². The maximum Gasteiger partial charge on any atom is 0.229 e. The number of aromatic nitrogens is 1. The first-order chi connectivity index (χ1) is 12.2. The minimum Gasteiger partial charge on any atom is -0.342 e. The van der Waals surface area contributed by atoms with Crippen LogP contribution in [0.15, 0.2) is 54.9 Å². The van der Waals surface area contributed by atoms with Gasteiger partial charge < -0.3 is 10.2 Å². The van der Waals surface area contributed by atoms with Gasteiger partial charge in [-0.25, -0.2) is 0 Å². The Morgan fingerprint density at radius 1 is 1.16 bits per heavy atom. The summed E-state index contributed by atoms with van der Waals surface area (Å²) in [5.74, 6) is -0.0340. The number of aryl methyl sites for hydroxylation is 1. The Labute approximate surface area is 148 Å². The molecule has 0 saturated carbocycles. The molecular formula is C20H23N3O2. The standard InChI is InChI=1S/C20H23N3O2/c24-19(11-10-16-6-4-12-21-14-16)23-13-5-7-17(15-23)20(25)22-18-8-2-1-3-9-18/h1-4,6,8-9,12,14,17H,5,7,10-11,13,15H2,(H,22,25)/t17-/m0/s1. The second-order valence-electron chi connectivity index (χ2n) is 6.40. The lowest BCUT2D eigenvalue weighted by atomic mass is 9.96. The number of para-hydroxylation sites is 1. The van der Waals surface area contributed by atoms with Crippen molar-refractivity contribution in [3.8, 4) is 0 Å². The zero-order valence-corrected chi connectivity index (χ0v) is 14.2. The third-order valence-corrected chi connectivity index (χ3v) is 4.54. The van der Waals surface area contributed by atoms with Crippen molar-refractivity contribution in [2.24, 2.45) is 5.92 Å². The van der Waals surface area contributed by atoms with Crippen molar-refractivity contribution in [2.75, 3.05) is 18.4 Å². The van der Waals surface area contributed by atoms with E-state index in [1.807, 2.05) is 47.4 Å². The number of nitrogens with one attached hydrogen (secondary N) is 1. The highest BCUT2D eigenvalue weighted by atomic mass is 16.2. The van der Waals surface area contributed by atoms with E-state index in [1.165, 1.54) is 0 Å². The molecule has 2 aromatic rings. The normalized spacial score (nSPS) is 17.1. The number of pyridine rings is 1. The zero-order valence-electron chi connectivity index (χ0n) is 14.2. The SMILES string of the molecule is O=C(Nc1ccccc1)[C@H]1CCCN(C(=O)CCc2cccnc2)C1.